The van der Waals surface area contributed by atoms with E-state index in [1.54, 1.807) is 0 Å². The normalized spacial score (nSPS) is 12.4. The zero-order valence-corrected chi connectivity index (χ0v) is 18.0. The molecule has 0 heterocycles. The predicted molar refractivity (Wildman–Crippen MR) is 124 cm³/mol. The van der Waals surface area contributed by atoms with Crippen molar-refractivity contribution in [1.82, 2.24) is 10.6 Å². The zero-order valence-electron chi connectivity index (χ0n) is 18.0. The average molecular weight is 430 g/mol. The molecular formula is C26H27N3O3. The Hall–Kier alpha value is -3.93. The number of primary amides is 1. The van der Waals surface area contributed by atoms with Gasteiger partial charge in [-0.2, -0.15) is 0 Å². The number of benzene rings is 3. The first kappa shape index (κ1) is 22.7. The van der Waals surface area contributed by atoms with Crippen LogP contribution in [0.3, 0.4) is 0 Å². The highest BCUT2D eigenvalue weighted by Gasteiger charge is 2.25. The van der Waals surface area contributed by atoms with Crippen LogP contribution in [-0.4, -0.2) is 29.8 Å². The van der Waals surface area contributed by atoms with Gasteiger partial charge in [0, 0.05) is 19.8 Å². The van der Waals surface area contributed by atoms with Crippen LogP contribution in [0.4, 0.5) is 0 Å². The van der Waals surface area contributed by atoms with Gasteiger partial charge < -0.3 is 16.4 Å². The van der Waals surface area contributed by atoms with Gasteiger partial charge in [-0.15, -0.1) is 0 Å². The fourth-order valence-electron chi connectivity index (χ4n) is 3.50. The Balaban J connectivity index is 1.69. The Bertz CT molecular complexity index is 1050. The van der Waals surface area contributed by atoms with Crippen molar-refractivity contribution in [1.29, 1.82) is 0 Å². The van der Waals surface area contributed by atoms with Crippen molar-refractivity contribution in [2.45, 2.75) is 31.8 Å². The van der Waals surface area contributed by atoms with Gasteiger partial charge in [0.2, 0.25) is 17.7 Å². The molecule has 4 N–H and O–H groups in total. The molecule has 0 spiro atoms. The van der Waals surface area contributed by atoms with Crippen molar-refractivity contribution in [2.75, 3.05) is 0 Å². The average Bonchev–Trinajstić information content (AvgIpc) is 2.79. The maximum Gasteiger partial charge on any atom is 0.243 e. The number of carbonyl (C=O) groups excluding carboxylic acids is 3. The van der Waals surface area contributed by atoms with Crippen molar-refractivity contribution in [3.05, 3.63) is 96.1 Å². The standard InChI is InChI=1S/C26H27N3O3/c1-18(30)28-24(17-19-8-4-2-5-9-19)26(32)29-23(25(27)31)16-20-12-14-22(15-13-20)21-10-6-3-7-11-21/h2-15,23-24H,16-17H2,1H3,(H2,27,31)(H,28,30)(H,29,32)/t23-,24+/m1/s1. The van der Waals surface area contributed by atoms with Gasteiger partial charge in [-0.25, -0.2) is 0 Å². The maximum absolute atomic E-state index is 12.9. The zero-order chi connectivity index (χ0) is 22.9. The number of rotatable bonds is 9. The molecule has 6 nitrogen and oxygen atoms in total. The lowest BCUT2D eigenvalue weighted by molar-refractivity contribution is -0.130. The maximum atomic E-state index is 12.9. The second-order valence-electron chi connectivity index (χ2n) is 7.67. The number of carbonyl (C=O) groups is 3. The molecule has 0 aliphatic carbocycles. The van der Waals surface area contributed by atoms with Crippen LogP contribution < -0.4 is 16.4 Å². The summed E-state index contributed by atoms with van der Waals surface area (Å²) < 4.78 is 0. The van der Waals surface area contributed by atoms with Crippen LogP contribution in [0.2, 0.25) is 0 Å². The van der Waals surface area contributed by atoms with Crippen LogP contribution in [-0.2, 0) is 27.2 Å². The summed E-state index contributed by atoms with van der Waals surface area (Å²) in [6.07, 6.45) is 0.567. The molecule has 0 fully saturated rings. The van der Waals surface area contributed by atoms with Gasteiger partial charge in [0.25, 0.3) is 0 Å². The second kappa shape index (κ2) is 10.9. The van der Waals surface area contributed by atoms with Crippen LogP contribution in [0, 0.1) is 0 Å². The summed E-state index contributed by atoms with van der Waals surface area (Å²) in [4.78, 5) is 36.6. The van der Waals surface area contributed by atoms with E-state index in [0.717, 1.165) is 22.3 Å². The molecule has 0 bridgehead atoms. The van der Waals surface area contributed by atoms with Crippen LogP contribution >= 0.6 is 0 Å². The smallest absolute Gasteiger partial charge is 0.243 e. The molecule has 2 atom stereocenters. The first-order valence-electron chi connectivity index (χ1n) is 10.5. The molecule has 0 saturated carbocycles. The first-order valence-corrected chi connectivity index (χ1v) is 10.5. The molecule has 3 rings (SSSR count). The quantitative estimate of drug-likeness (QED) is 0.487. The molecule has 0 radical (unpaired) electrons. The largest absolute Gasteiger partial charge is 0.368 e. The Labute approximate surface area is 187 Å². The molecule has 3 aromatic carbocycles. The Morgan fingerprint density at radius 3 is 1.75 bits per heavy atom. The number of hydrogen-bond donors (Lipinski definition) is 3. The van der Waals surface area contributed by atoms with Crippen LogP contribution in [0.15, 0.2) is 84.9 Å². The SMILES string of the molecule is CC(=O)N[C@@H](Cc1ccccc1)C(=O)N[C@H](Cc1ccc(-c2ccccc2)cc1)C(N)=O. The lowest BCUT2D eigenvalue weighted by atomic mass is 9.99. The van der Waals surface area contributed by atoms with Gasteiger partial charge in [0.05, 0.1) is 0 Å². The van der Waals surface area contributed by atoms with Crippen molar-refractivity contribution in [3.8, 4) is 11.1 Å². The number of nitrogens with one attached hydrogen (secondary N) is 2. The van der Waals surface area contributed by atoms with Gasteiger partial charge in [-0.05, 0) is 22.3 Å². The van der Waals surface area contributed by atoms with Crippen molar-refractivity contribution in [3.63, 3.8) is 0 Å². The monoisotopic (exact) mass is 429 g/mol. The molecule has 0 aliphatic rings. The summed E-state index contributed by atoms with van der Waals surface area (Å²) in [7, 11) is 0. The Morgan fingerprint density at radius 2 is 1.19 bits per heavy atom. The minimum absolute atomic E-state index is 0.258. The third-order valence-corrected chi connectivity index (χ3v) is 5.14. The topological polar surface area (TPSA) is 101 Å². The molecule has 3 aromatic rings. The fourth-order valence-corrected chi connectivity index (χ4v) is 3.50. The highest BCUT2D eigenvalue weighted by Crippen LogP contribution is 2.19. The molecule has 32 heavy (non-hydrogen) atoms. The Morgan fingerprint density at radius 1 is 0.688 bits per heavy atom. The molecule has 0 aromatic heterocycles. The lowest BCUT2D eigenvalue weighted by Gasteiger charge is -2.22. The van der Waals surface area contributed by atoms with E-state index in [0.29, 0.717) is 6.42 Å². The molecule has 164 valence electrons. The van der Waals surface area contributed by atoms with E-state index in [1.807, 2.05) is 84.9 Å². The highest BCUT2D eigenvalue weighted by atomic mass is 16.2. The van der Waals surface area contributed by atoms with E-state index < -0.39 is 23.9 Å². The summed E-state index contributed by atoms with van der Waals surface area (Å²) in [5, 5.41) is 5.37. The minimum Gasteiger partial charge on any atom is -0.368 e. The minimum atomic E-state index is -0.892. The molecule has 3 amide bonds. The summed E-state index contributed by atoms with van der Waals surface area (Å²) in [6.45, 7) is 1.35. The number of amides is 3. The number of hydrogen-bond acceptors (Lipinski definition) is 3. The predicted octanol–water partition coefficient (Wildman–Crippen LogP) is 2.61. The van der Waals surface area contributed by atoms with Crippen molar-refractivity contribution >= 4 is 17.7 Å². The first-order chi connectivity index (χ1) is 15.4. The van der Waals surface area contributed by atoms with Gasteiger partial charge >= 0.3 is 0 Å². The van der Waals surface area contributed by atoms with E-state index in [9.17, 15) is 14.4 Å². The summed E-state index contributed by atoms with van der Waals surface area (Å²) in [5.41, 5.74) is 9.49. The summed E-state index contributed by atoms with van der Waals surface area (Å²) in [6, 6.07) is 25.4. The van der Waals surface area contributed by atoms with Gasteiger partial charge in [0.15, 0.2) is 0 Å². The summed E-state index contributed by atoms with van der Waals surface area (Å²) >= 11 is 0. The van der Waals surface area contributed by atoms with Crippen LogP contribution in [0.5, 0.6) is 0 Å². The second-order valence-corrected chi connectivity index (χ2v) is 7.67. The van der Waals surface area contributed by atoms with Crippen molar-refractivity contribution < 1.29 is 14.4 Å². The van der Waals surface area contributed by atoms with Crippen LogP contribution in [0.1, 0.15) is 18.1 Å². The highest BCUT2D eigenvalue weighted by molar-refractivity contribution is 5.91. The van der Waals surface area contributed by atoms with Gasteiger partial charge in [-0.3, -0.25) is 14.4 Å². The lowest BCUT2D eigenvalue weighted by Crippen LogP contribution is -2.54. The van der Waals surface area contributed by atoms with E-state index in [1.165, 1.54) is 6.92 Å². The molecule has 0 aliphatic heterocycles. The number of nitrogens with two attached hydrogens (primary N) is 1. The summed E-state index contributed by atoms with van der Waals surface area (Å²) in [5.74, 6) is -1.41. The Kier molecular flexibility index (Phi) is 7.75. The fraction of sp³-hybridized carbons (Fsp3) is 0.192. The molecule has 0 unspecified atom stereocenters. The van der Waals surface area contributed by atoms with E-state index >= 15 is 0 Å². The van der Waals surface area contributed by atoms with E-state index in [2.05, 4.69) is 10.6 Å². The van der Waals surface area contributed by atoms with E-state index in [4.69, 9.17) is 5.73 Å². The van der Waals surface area contributed by atoms with Crippen LogP contribution in [0.25, 0.3) is 11.1 Å². The molecular weight excluding hydrogens is 402 g/mol. The molecule has 0 saturated heterocycles. The van der Waals surface area contributed by atoms with Gasteiger partial charge in [-0.1, -0.05) is 84.9 Å². The van der Waals surface area contributed by atoms with E-state index in [-0.39, 0.29) is 12.3 Å². The third-order valence-electron chi connectivity index (χ3n) is 5.14. The van der Waals surface area contributed by atoms with Crippen molar-refractivity contribution in [2.24, 2.45) is 5.73 Å². The molecule has 6 heteroatoms. The third kappa shape index (κ3) is 6.54. The van der Waals surface area contributed by atoms with Gasteiger partial charge in [0.1, 0.15) is 12.1 Å².